The average Bonchev–Trinajstić information content (AvgIpc) is 2.73. The number of phenolic OH excluding ortho intramolecular Hbond substituents is 1. The van der Waals surface area contributed by atoms with Crippen LogP contribution in [0.5, 0.6) is 5.75 Å². The molecule has 2 aliphatic rings. The molecule has 1 aliphatic carbocycles. The Hall–Kier alpha value is -2.12. The quantitative estimate of drug-likeness (QED) is 0.403. The number of carbonyl (C=O) groups is 1. The Morgan fingerprint density at radius 2 is 1.87 bits per heavy atom. The number of aliphatic hydroxyl groups is 1. The van der Waals surface area contributed by atoms with E-state index in [1.807, 2.05) is 19.1 Å². The summed E-state index contributed by atoms with van der Waals surface area (Å²) in [5.41, 5.74) is 1.60. The first-order chi connectivity index (χ1) is 14.5. The predicted octanol–water partition coefficient (Wildman–Crippen LogP) is 2.09. The van der Waals surface area contributed by atoms with Crippen LogP contribution >= 0.6 is 0 Å². The number of hydrogen-bond donors (Lipinski definition) is 4. The highest BCUT2D eigenvalue weighted by molar-refractivity contribution is 5.99. The Labute approximate surface area is 179 Å². The van der Waals surface area contributed by atoms with Crippen molar-refractivity contribution < 1.29 is 15.0 Å². The molecule has 1 aromatic carbocycles. The van der Waals surface area contributed by atoms with E-state index >= 15 is 0 Å². The van der Waals surface area contributed by atoms with Gasteiger partial charge in [-0.25, -0.2) is 0 Å². The van der Waals surface area contributed by atoms with E-state index in [1.54, 1.807) is 6.07 Å². The molecule has 0 radical (unpaired) electrons. The molecular formula is C23H36N4O3. The van der Waals surface area contributed by atoms with Crippen molar-refractivity contribution in [2.24, 2.45) is 5.92 Å². The van der Waals surface area contributed by atoms with Crippen molar-refractivity contribution in [1.82, 2.24) is 15.1 Å². The Morgan fingerprint density at radius 1 is 1.17 bits per heavy atom. The molecule has 3 rings (SSSR count). The summed E-state index contributed by atoms with van der Waals surface area (Å²) in [4.78, 5) is 16.1. The van der Waals surface area contributed by atoms with E-state index < -0.39 is 0 Å². The van der Waals surface area contributed by atoms with Gasteiger partial charge in [0.2, 0.25) is 5.91 Å². The summed E-state index contributed by atoms with van der Waals surface area (Å²) >= 11 is 0. The van der Waals surface area contributed by atoms with E-state index in [-0.39, 0.29) is 30.7 Å². The fourth-order valence-corrected chi connectivity index (χ4v) is 4.57. The molecule has 1 saturated carbocycles. The smallest absolute Gasteiger partial charge is 0.222 e. The van der Waals surface area contributed by atoms with Crippen LogP contribution in [0.4, 0.5) is 0 Å². The van der Waals surface area contributed by atoms with Crippen LogP contribution in [0.25, 0.3) is 0 Å². The second-order valence-corrected chi connectivity index (χ2v) is 8.75. The second kappa shape index (κ2) is 10.8. The van der Waals surface area contributed by atoms with Gasteiger partial charge in [0, 0.05) is 38.6 Å². The van der Waals surface area contributed by atoms with E-state index in [1.165, 1.54) is 6.42 Å². The Morgan fingerprint density at radius 3 is 2.50 bits per heavy atom. The number of amides is 1. The maximum atomic E-state index is 11.6. The number of benzene rings is 1. The maximum absolute atomic E-state index is 11.6. The third-order valence-electron chi connectivity index (χ3n) is 6.50. The highest BCUT2D eigenvalue weighted by Gasteiger charge is 2.25. The van der Waals surface area contributed by atoms with Crippen LogP contribution in [0.15, 0.2) is 18.2 Å². The highest BCUT2D eigenvalue weighted by atomic mass is 16.3. The summed E-state index contributed by atoms with van der Waals surface area (Å²) in [5, 5.41) is 30.5. The minimum Gasteiger partial charge on any atom is -0.507 e. The lowest BCUT2D eigenvalue weighted by molar-refractivity contribution is -0.122. The number of nitrogens with one attached hydrogen (secondary N) is 2. The molecule has 0 aromatic heterocycles. The topological polar surface area (TPSA) is 99.9 Å². The van der Waals surface area contributed by atoms with Crippen molar-refractivity contribution >= 4 is 11.7 Å². The molecule has 30 heavy (non-hydrogen) atoms. The summed E-state index contributed by atoms with van der Waals surface area (Å²) in [6.45, 7) is 6.46. The van der Waals surface area contributed by atoms with Gasteiger partial charge in [-0.15, -0.1) is 0 Å². The molecule has 7 heteroatoms. The van der Waals surface area contributed by atoms with Crippen molar-refractivity contribution in [2.75, 3.05) is 39.3 Å². The van der Waals surface area contributed by atoms with Gasteiger partial charge < -0.3 is 20.4 Å². The number of hydrogen-bond acceptors (Lipinski definition) is 5. The first-order valence-corrected chi connectivity index (χ1v) is 11.2. The molecule has 0 unspecified atom stereocenters. The van der Waals surface area contributed by atoms with Gasteiger partial charge in [-0.1, -0.05) is 6.07 Å². The van der Waals surface area contributed by atoms with Crippen molar-refractivity contribution in [3.63, 3.8) is 0 Å². The third kappa shape index (κ3) is 6.19. The molecule has 4 N–H and O–H groups in total. The van der Waals surface area contributed by atoms with Gasteiger partial charge in [0.05, 0.1) is 12.2 Å². The zero-order valence-electron chi connectivity index (χ0n) is 18.1. The fraction of sp³-hybridized carbons (Fsp3) is 0.652. The molecule has 166 valence electrons. The molecule has 2 fully saturated rings. The minimum absolute atomic E-state index is 0.0386. The number of aliphatic hydroxyl groups excluding tert-OH is 1. The number of aromatic hydroxyl groups is 1. The van der Waals surface area contributed by atoms with Crippen LogP contribution in [-0.2, 0) is 4.79 Å². The molecule has 0 spiro atoms. The van der Waals surface area contributed by atoms with Crippen LogP contribution in [0.2, 0.25) is 0 Å². The molecule has 1 saturated heterocycles. The first-order valence-electron chi connectivity index (χ1n) is 11.2. The summed E-state index contributed by atoms with van der Waals surface area (Å²) < 4.78 is 0. The Kier molecular flexibility index (Phi) is 8.10. The minimum atomic E-state index is -0.0832. The van der Waals surface area contributed by atoms with Crippen LogP contribution in [-0.4, -0.2) is 77.1 Å². The van der Waals surface area contributed by atoms with Gasteiger partial charge in [0.1, 0.15) is 11.6 Å². The Balaban J connectivity index is 1.35. The van der Waals surface area contributed by atoms with Gasteiger partial charge >= 0.3 is 0 Å². The molecular weight excluding hydrogens is 380 g/mol. The van der Waals surface area contributed by atoms with Crippen molar-refractivity contribution in [3.8, 4) is 5.75 Å². The molecule has 1 aliphatic heterocycles. The number of rotatable bonds is 7. The number of carbonyl (C=O) groups excluding carboxylic acids is 1. The average molecular weight is 417 g/mol. The van der Waals surface area contributed by atoms with Crippen molar-refractivity contribution in [1.29, 1.82) is 5.41 Å². The van der Waals surface area contributed by atoms with Gasteiger partial charge in [0.15, 0.2) is 0 Å². The van der Waals surface area contributed by atoms with E-state index in [9.17, 15) is 9.90 Å². The van der Waals surface area contributed by atoms with Gasteiger partial charge in [-0.3, -0.25) is 15.1 Å². The summed E-state index contributed by atoms with van der Waals surface area (Å²) in [5.74, 6) is 1.28. The number of nitrogens with zero attached hydrogens (tertiary/aromatic N) is 2. The van der Waals surface area contributed by atoms with Crippen LogP contribution in [0.3, 0.4) is 0 Å². The number of piperazine rings is 1. The largest absolute Gasteiger partial charge is 0.507 e. The normalized spacial score (nSPS) is 22.7. The second-order valence-electron chi connectivity index (χ2n) is 8.75. The van der Waals surface area contributed by atoms with E-state index in [4.69, 9.17) is 10.5 Å². The molecule has 0 atom stereocenters. The number of amidine groups is 1. The standard InChI is InChI=1S/C23H36N4O3/c1-17-2-7-20(21(29)16-17)23(24)27-13-11-26(12-14-27)10-8-18-3-5-19(6-4-18)25-22(30)9-15-28/h2,7,16,18-19,24,28-29H,3-6,8-15H2,1H3,(H,25,30). The molecule has 1 heterocycles. The molecule has 1 aromatic rings. The van der Waals surface area contributed by atoms with Crippen molar-refractivity contribution in [2.45, 2.75) is 51.5 Å². The monoisotopic (exact) mass is 416 g/mol. The van der Waals surface area contributed by atoms with Gasteiger partial charge in [0.25, 0.3) is 0 Å². The number of phenols is 1. The summed E-state index contributed by atoms with van der Waals surface area (Å²) in [6.07, 6.45) is 5.77. The first kappa shape index (κ1) is 22.6. The lowest BCUT2D eigenvalue weighted by Crippen LogP contribution is -2.49. The Bertz CT molecular complexity index is 723. The van der Waals surface area contributed by atoms with Crippen LogP contribution in [0.1, 0.15) is 49.7 Å². The fourth-order valence-electron chi connectivity index (χ4n) is 4.57. The van der Waals surface area contributed by atoms with Crippen LogP contribution < -0.4 is 5.32 Å². The summed E-state index contributed by atoms with van der Waals surface area (Å²) in [7, 11) is 0. The zero-order valence-corrected chi connectivity index (χ0v) is 18.1. The molecule has 0 bridgehead atoms. The highest BCUT2D eigenvalue weighted by Crippen LogP contribution is 2.27. The predicted molar refractivity (Wildman–Crippen MR) is 118 cm³/mol. The van der Waals surface area contributed by atoms with E-state index in [2.05, 4.69) is 15.1 Å². The van der Waals surface area contributed by atoms with E-state index in [0.29, 0.717) is 11.4 Å². The van der Waals surface area contributed by atoms with Crippen LogP contribution in [0, 0.1) is 18.3 Å². The van der Waals surface area contributed by atoms with E-state index in [0.717, 1.165) is 69.9 Å². The maximum Gasteiger partial charge on any atom is 0.222 e. The zero-order chi connectivity index (χ0) is 21.5. The number of aryl methyl sites for hydroxylation is 1. The molecule has 7 nitrogen and oxygen atoms in total. The summed E-state index contributed by atoms with van der Waals surface area (Å²) in [6, 6.07) is 5.76. The SMILES string of the molecule is Cc1ccc(C(=N)N2CCN(CCC3CCC(NC(=O)CCO)CC3)CC2)c(O)c1. The lowest BCUT2D eigenvalue weighted by atomic mass is 9.84. The third-order valence-corrected chi connectivity index (χ3v) is 6.50. The van der Waals surface area contributed by atoms with Gasteiger partial charge in [-0.2, -0.15) is 0 Å². The van der Waals surface area contributed by atoms with Crippen molar-refractivity contribution in [3.05, 3.63) is 29.3 Å². The lowest BCUT2D eigenvalue weighted by Gasteiger charge is -2.37. The molecule has 1 amide bonds. The van der Waals surface area contributed by atoms with Gasteiger partial charge in [-0.05, 0) is 69.2 Å².